The van der Waals surface area contributed by atoms with E-state index in [-0.39, 0.29) is 6.04 Å². The largest absolute Gasteiger partial charge is 0.464 e. The normalized spacial score (nSPS) is 13.0. The molecule has 0 saturated carbocycles. The Morgan fingerprint density at radius 2 is 2.40 bits per heavy atom. The summed E-state index contributed by atoms with van der Waals surface area (Å²) in [7, 11) is 0. The molecule has 0 aliphatic carbocycles. The maximum Gasteiger partial charge on any atom is 0.124 e. The van der Waals surface area contributed by atoms with Gasteiger partial charge in [-0.15, -0.1) is 6.58 Å². The molecule has 1 atom stereocenters. The van der Waals surface area contributed by atoms with Crippen molar-refractivity contribution in [3.8, 4) is 0 Å². The van der Waals surface area contributed by atoms with Crippen LogP contribution in [-0.2, 0) is 0 Å². The van der Waals surface area contributed by atoms with Gasteiger partial charge >= 0.3 is 0 Å². The summed E-state index contributed by atoms with van der Waals surface area (Å²) in [5, 5.41) is 0. The zero-order valence-electron chi connectivity index (χ0n) is 6.00. The van der Waals surface area contributed by atoms with Crippen LogP contribution in [0.5, 0.6) is 0 Å². The Labute approximate surface area is 60.3 Å². The number of rotatable bonds is 2. The summed E-state index contributed by atoms with van der Waals surface area (Å²) < 4.78 is 5.24. The molecule has 54 valence electrons. The smallest absolute Gasteiger partial charge is 0.124 e. The van der Waals surface area contributed by atoms with Gasteiger partial charge in [0.2, 0.25) is 0 Å². The zero-order chi connectivity index (χ0) is 7.56. The van der Waals surface area contributed by atoms with Crippen molar-refractivity contribution in [2.45, 2.75) is 13.0 Å². The van der Waals surface area contributed by atoms with Crippen molar-refractivity contribution in [1.29, 1.82) is 0 Å². The van der Waals surface area contributed by atoms with Gasteiger partial charge in [-0.25, -0.2) is 0 Å². The molecule has 0 amide bonds. The summed E-state index contributed by atoms with van der Waals surface area (Å²) >= 11 is 0. The Morgan fingerprint density at radius 3 is 2.80 bits per heavy atom. The first-order valence-electron chi connectivity index (χ1n) is 3.18. The standard InChI is InChI=1S/C8H11NO/c1-3-7(9)8-5-4-6(2)10-8/h3-5,7H,1,9H2,2H3/t7-/m1/s1. The van der Waals surface area contributed by atoms with Crippen LogP contribution >= 0.6 is 0 Å². The van der Waals surface area contributed by atoms with E-state index in [1.807, 2.05) is 19.1 Å². The van der Waals surface area contributed by atoms with E-state index < -0.39 is 0 Å². The number of furan rings is 1. The fourth-order valence-corrected chi connectivity index (χ4v) is 0.749. The molecule has 2 N–H and O–H groups in total. The van der Waals surface area contributed by atoms with Gasteiger partial charge in [0.1, 0.15) is 11.5 Å². The molecule has 0 aliphatic rings. The van der Waals surface area contributed by atoms with Gasteiger partial charge in [0.25, 0.3) is 0 Å². The van der Waals surface area contributed by atoms with Crippen molar-refractivity contribution in [1.82, 2.24) is 0 Å². The van der Waals surface area contributed by atoms with E-state index in [4.69, 9.17) is 10.2 Å². The van der Waals surface area contributed by atoms with Gasteiger partial charge in [-0.05, 0) is 19.1 Å². The highest BCUT2D eigenvalue weighted by Gasteiger charge is 2.03. The second-order valence-corrected chi connectivity index (χ2v) is 2.21. The third-order valence-electron chi connectivity index (χ3n) is 1.34. The van der Waals surface area contributed by atoms with E-state index in [0.29, 0.717) is 0 Å². The molecule has 0 fully saturated rings. The minimum atomic E-state index is -0.173. The molecule has 1 aromatic rings. The predicted molar refractivity (Wildman–Crippen MR) is 40.6 cm³/mol. The quantitative estimate of drug-likeness (QED) is 0.631. The number of hydrogen-bond donors (Lipinski definition) is 1. The van der Waals surface area contributed by atoms with Crippen LogP contribution in [0.3, 0.4) is 0 Å². The molecule has 0 aromatic carbocycles. The lowest BCUT2D eigenvalue weighted by Crippen LogP contribution is -2.04. The first-order chi connectivity index (χ1) is 4.74. The Kier molecular flexibility index (Phi) is 1.92. The van der Waals surface area contributed by atoms with Gasteiger partial charge in [0.15, 0.2) is 0 Å². The van der Waals surface area contributed by atoms with Crippen molar-refractivity contribution >= 4 is 0 Å². The second kappa shape index (κ2) is 2.71. The number of aryl methyl sites for hydroxylation is 1. The number of hydrogen-bond acceptors (Lipinski definition) is 2. The van der Waals surface area contributed by atoms with Gasteiger partial charge in [-0.2, -0.15) is 0 Å². The lowest BCUT2D eigenvalue weighted by Gasteiger charge is -1.98. The van der Waals surface area contributed by atoms with Crippen molar-refractivity contribution in [2.75, 3.05) is 0 Å². The molecule has 1 aromatic heterocycles. The molecule has 0 radical (unpaired) electrons. The average molecular weight is 137 g/mol. The molecule has 10 heavy (non-hydrogen) atoms. The Hall–Kier alpha value is -1.02. The van der Waals surface area contributed by atoms with Crippen LogP contribution in [0.15, 0.2) is 29.2 Å². The highest BCUT2D eigenvalue weighted by Crippen LogP contribution is 2.13. The summed E-state index contributed by atoms with van der Waals surface area (Å²) in [6, 6.07) is 3.58. The van der Waals surface area contributed by atoms with Gasteiger partial charge in [-0.3, -0.25) is 0 Å². The Bertz CT molecular complexity index is 227. The molecular formula is C8H11NO. The highest BCUT2D eigenvalue weighted by atomic mass is 16.3. The van der Waals surface area contributed by atoms with Crippen LogP contribution in [0.4, 0.5) is 0 Å². The molecule has 0 unspecified atom stereocenters. The predicted octanol–water partition coefficient (Wildman–Crippen LogP) is 1.77. The fourth-order valence-electron chi connectivity index (χ4n) is 0.749. The molecule has 2 heteroatoms. The van der Waals surface area contributed by atoms with E-state index >= 15 is 0 Å². The lowest BCUT2D eigenvalue weighted by atomic mass is 10.2. The maximum atomic E-state index is 5.60. The van der Waals surface area contributed by atoms with E-state index in [1.165, 1.54) is 0 Å². The highest BCUT2D eigenvalue weighted by molar-refractivity contribution is 5.12. The average Bonchev–Trinajstić information content (AvgIpc) is 2.34. The third kappa shape index (κ3) is 1.28. The lowest BCUT2D eigenvalue weighted by molar-refractivity contribution is 0.470. The molecular weight excluding hydrogens is 126 g/mol. The van der Waals surface area contributed by atoms with E-state index in [0.717, 1.165) is 11.5 Å². The van der Waals surface area contributed by atoms with Gasteiger partial charge < -0.3 is 10.2 Å². The van der Waals surface area contributed by atoms with Crippen molar-refractivity contribution in [3.63, 3.8) is 0 Å². The third-order valence-corrected chi connectivity index (χ3v) is 1.34. The second-order valence-electron chi connectivity index (χ2n) is 2.21. The van der Waals surface area contributed by atoms with Crippen LogP contribution in [0.2, 0.25) is 0 Å². The van der Waals surface area contributed by atoms with E-state index in [9.17, 15) is 0 Å². The van der Waals surface area contributed by atoms with Crippen molar-refractivity contribution in [2.24, 2.45) is 5.73 Å². The first kappa shape index (κ1) is 7.09. The summed E-state index contributed by atoms with van der Waals surface area (Å²) in [5.74, 6) is 1.65. The van der Waals surface area contributed by atoms with Crippen molar-refractivity contribution < 1.29 is 4.42 Å². The van der Waals surface area contributed by atoms with Crippen LogP contribution < -0.4 is 5.73 Å². The SMILES string of the molecule is C=C[C@@H](N)c1ccc(C)o1. The molecule has 0 saturated heterocycles. The number of nitrogens with two attached hydrogens (primary N) is 1. The topological polar surface area (TPSA) is 39.2 Å². The summed E-state index contributed by atoms with van der Waals surface area (Å²) in [6.45, 7) is 5.45. The van der Waals surface area contributed by atoms with Crippen molar-refractivity contribution in [3.05, 3.63) is 36.3 Å². The van der Waals surface area contributed by atoms with Crippen LogP contribution in [-0.4, -0.2) is 0 Å². The molecule has 1 heterocycles. The van der Waals surface area contributed by atoms with Gasteiger partial charge in [-0.1, -0.05) is 6.08 Å². The minimum absolute atomic E-state index is 0.173. The van der Waals surface area contributed by atoms with Crippen LogP contribution in [0.1, 0.15) is 17.6 Å². The van der Waals surface area contributed by atoms with Crippen LogP contribution in [0, 0.1) is 6.92 Å². The molecule has 0 aliphatic heterocycles. The van der Waals surface area contributed by atoms with Gasteiger partial charge in [0.05, 0.1) is 6.04 Å². The van der Waals surface area contributed by atoms with Gasteiger partial charge in [0, 0.05) is 0 Å². The minimum Gasteiger partial charge on any atom is -0.464 e. The van der Waals surface area contributed by atoms with E-state index in [1.54, 1.807) is 6.08 Å². The summed E-state index contributed by atoms with van der Waals surface area (Å²) in [6.07, 6.45) is 1.65. The Morgan fingerprint density at radius 1 is 1.70 bits per heavy atom. The molecule has 0 bridgehead atoms. The maximum absolute atomic E-state index is 5.60. The molecule has 2 nitrogen and oxygen atoms in total. The molecule has 0 spiro atoms. The zero-order valence-corrected chi connectivity index (χ0v) is 6.00. The van der Waals surface area contributed by atoms with E-state index in [2.05, 4.69) is 6.58 Å². The first-order valence-corrected chi connectivity index (χ1v) is 3.18. The monoisotopic (exact) mass is 137 g/mol. The van der Waals surface area contributed by atoms with Crippen LogP contribution in [0.25, 0.3) is 0 Å². The Balaban J connectivity index is 2.84. The molecule has 1 rings (SSSR count). The summed E-state index contributed by atoms with van der Waals surface area (Å²) in [5.41, 5.74) is 5.60. The fraction of sp³-hybridized carbons (Fsp3) is 0.250. The summed E-state index contributed by atoms with van der Waals surface area (Å²) in [4.78, 5) is 0.